The van der Waals surface area contributed by atoms with Crippen LogP contribution in [0.5, 0.6) is 5.75 Å². The lowest BCUT2D eigenvalue weighted by atomic mass is 9.95. The zero-order chi connectivity index (χ0) is 42.8. The van der Waals surface area contributed by atoms with Gasteiger partial charge in [-0.1, -0.05) is 140 Å². The highest BCUT2D eigenvalue weighted by molar-refractivity contribution is 5.27. The van der Waals surface area contributed by atoms with Gasteiger partial charge in [0.1, 0.15) is 54.6 Å². The van der Waals surface area contributed by atoms with Crippen LogP contribution >= 0.6 is 0 Å². The van der Waals surface area contributed by atoms with Crippen molar-refractivity contribution in [3.8, 4) is 5.75 Å². The Morgan fingerprint density at radius 3 is 1.43 bits per heavy atom. The van der Waals surface area contributed by atoms with Gasteiger partial charge >= 0.3 is 0 Å². The molecule has 4 aliphatic rings. The van der Waals surface area contributed by atoms with Crippen molar-refractivity contribution in [2.75, 3.05) is 26.9 Å². The second-order valence-corrected chi connectivity index (χ2v) is 15.8. The van der Waals surface area contributed by atoms with E-state index in [-0.39, 0.29) is 39.6 Å². The molecular formula is C51H54O12. The molecular weight excluding hydrogens is 805 g/mol. The summed E-state index contributed by atoms with van der Waals surface area (Å²) in [5, 5.41) is 0. The highest BCUT2D eigenvalue weighted by atomic mass is 16.8. The van der Waals surface area contributed by atoms with Crippen LogP contribution in [0.2, 0.25) is 0 Å². The van der Waals surface area contributed by atoms with Gasteiger partial charge in [-0.25, -0.2) is 0 Å². The Bertz CT molecular complexity index is 2130. The molecule has 5 aromatic rings. The predicted molar refractivity (Wildman–Crippen MR) is 230 cm³/mol. The Balaban J connectivity index is 1.07. The van der Waals surface area contributed by atoms with Crippen LogP contribution in [-0.2, 0) is 71.9 Å². The van der Waals surface area contributed by atoms with Gasteiger partial charge in [-0.2, -0.15) is 0 Å². The Kier molecular flexibility index (Phi) is 14.7. The molecule has 4 saturated heterocycles. The molecule has 0 N–H and O–H groups in total. The van der Waals surface area contributed by atoms with Crippen LogP contribution in [0.3, 0.4) is 0 Å². The topological polar surface area (TPSA) is 111 Å². The van der Waals surface area contributed by atoms with Crippen molar-refractivity contribution in [2.24, 2.45) is 0 Å². The van der Waals surface area contributed by atoms with E-state index in [9.17, 15) is 0 Å². The quantitative estimate of drug-likeness (QED) is 0.0845. The van der Waals surface area contributed by atoms with E-state index in [0.717, 1.165) is 33.6 Å². The molecule has 4 aliphatic heterocycles. The summed E-state index contributed by atoms with van der Waals surface area (Å²) in [5.41, 5.74) is 4.64. The van der Waals surface area contributed by atoms with Gasteiger partial charge < -0.3 is 56.8 Å². The first-order valence-electron chi connectivity index (χ1n) is 21.5. The maximum Gasteiger partial charge on any atom is 0.187 e. The van der Waals surface area contributed by atoms with Crippen molar-refractivity contribution in [3.05, 3.63) is 186 Å². The standard InChI is InChI=1S/C51H54O12/c1-3-28-53-50-47(45(55-31-36-24-26-39(52-2)27-25-36)43-40(59-50)32-57-49(62-43)38-22-14-7-15-23-38)63-51-46(56-30-35-18-10-5-11-19-35)44(54-29-34-16-8-4-9-17-34)42-41(60-51)33-58-48(61-42)37-20-12-6-13-21-37/h3-27,40-51H,1,28-33H2,2H3/t40-,41-,42-,43-,44+,45+,46+,47+,48?,49?,50+,51+/m1/s1. The van der Waals surface area contributed by atoms with E-state index in [1.165, 1.54) is 0 Å². The van der Waals surface area contributed by atoms with Gasteiger partial charge in [-0.15, -0.1) is 6.58 Å². The van der Waals surface area contributed by atoms with Crippen LogP contribution in [0.15, 0.2) is 158 Å². The van der Waals surface area contributed by atoms with Crippen LogP contribution in [0.4, 0.5) is 0 Å². The molecule has 0 spiro atoms. The maximum absolute atomic E-state index is 7.22. The van der Waals surface area contributed by atoms with Crippen LogP contribution < -0.4 is 4.74 Å². The summed E-state index contributed by atoms with van der Waals surface area (Å²) in [6.45, 7) is 5.28. The minimum Gasteiger partial charge on any atom is -0.497 e. The molecule has 9 rings (SSSR count). The number of rotatable bonds is 17. The zero-order valence-corrected chi connectivity index (χ0v) is 35.2. The van der Waals surface area contributed by atoms with Crippen molar-refractivity contribution >= 4 is 0 Å². The normalized spacial score (nSPS) is 30.4. The third kappa shape index (κ3) is 10.6. The fourth-order valence-corrected chi connectivity index (χ4v) is 8.36. The number of hydrogen-bond donors (Lipinski definition) is 0. The van der Waals surface area contributed by atoms with E-state index >= 15 is 0 Å². The van der Waals surface area contributed by atoms with Crippen LogP contribution in [0, 0.1) is 0 Å². The number of methoxy groups -OCH3 is 1. The molecule has 0 saturated carbocycles. The second-order valence-electron chi connectivity index (χ2n) is 15.8. The number of ether oxygens (including phenoxy) is 12. The van der Waals surface area contributed by atoms with Gasteiger partial charge in [0.15, 0.2) is 25.2 Å². The van der Waals surface area contributed by atoms with E-state index in [1.807, 2.05) is 146 Å². The minimum atomic E-state index is -1.05. The number of fused-ring (bicyclic) bond motifs is 2. The first-order valence-corrected chi connectivity index (χ1v) is 21.5. The molecule has 12 atom stereocenters. The molecule has 0 radical (unpaired) electrons. The number of benzene rings is 5. The van der Waals surface area contributed by atoms with Gasteiger partial charge in [0, 0.05) is 11.1 Å². The zero-order valence-electron chi connectivity index (χ0n) is 35.2. The third-order valence-corrected chi connectivity index (χ3v) is 11.6. The summed E-state index contributed by atoms with van der Waals surface area (Å²) in [6.07, 6.45) is -7.22. The number of hydrogen-bond acceptors (Lipinski definition) is 12. The van der Waals surface area contributed by atoms with Crippen LogP contribution in [0.1, 0.15) is 40.4 Å². The van der Waals surface area contributed by atoms with Crippen molar-refractivity contribution < 1.29 is 56.8 Å². The molecule has 2 unspecified atom stereocenters. The lowest BCUT2D eigenvalue weighted by molar-refractivity contribution is -0.412. The van der Waals surface area contributed by atoms with Crippen LogP contribution in [-0.4, -0.2) is 88.3 Å². The molecule has 330 valence electrons. The summed E-state index contributed by atoms with van der Waals surface area (Å²) in [5.74, 6) is 0.742. The summed E-state index contributed by atoms with van der Waals surface area (Å²) >= 11 is 0. The molecule has 12 heteroatoms. The fourth-order valence-electron chi connectivity index (χ4n) is 8.36. The maximum atomic E-state index is 7.22. The van der Waals surface area contributed by atoms with Crippen molar-refractivity contribution in [1.29, 1.82) is 0 Å². The summed E-state index contributed by atoms with van der Waals surface area (Å²) in [7, 11) is 1.64. The van der Waals surface area contributed by atoms with Crippen LogP contribution in [0.25, 0.3) is 0 Å². The third-order valence-electron chi connectivity index (χ3n) is 11.6. The monoisotopic (exact) mass is 858 g/mol. The molecule has 4 heterocycles. The van der Waals surface area contributed by atoms with Crippen molar-refractivity contribution in [3.63, 3.8) is 0 Å². The first-order chi connectivity index (χ1) is 31.1. The van der Waals surface area contributed by atoms with Gasteiger partial charge in [-0.3, -0.25) is 0 Å². The molecule has 0 aromatic heterocycles. The Labute approximate surface area is 368 Å². The Morgan fingerprint density at radius 2 is 0.937 bits per heavy atom. The van der Waals surface area contributed by atoms with Gasteiger partial charge in [0.05, 0.1) is 46.8 Å². The predicted octanol–water partition coefficient (Wildman–Crippen LogP) is 8.02. The van der Waals surface area contributed by atoms with E-state index in [4.69, 9.17) is 56.8 Å². The molecule has 0 aliphatic carbocycles. The summed E-state index contributed by atoms with van der Waals surface area (Å²) in [6, 6.07) is 47.4. The van der Waals surface area contributed by atoms with E-state index < -0.39 is 74.0 Å². The van der Waals surface area contributed by atoms with E-state index in [0.29, 0.717) is 0 Å². The summed E-state index contributed by atoms with van der Waals surface area (Å²) < 4.78 is 79.5. The Morgan fingerprint density at radius 1 is 0.492 bits per heavy atom. The smallest absolute Gasteiger partial charge is 0.187 e. The summed E-state index contributed by atoms with van der Waals surface area (Å²) in [4.78, 5) is 0. The first kappa shape index (κ1) is 43.5. The SMILES string of the molecule is C=CCO[C@H]1O[C@@H]2COC(c3ccccc3)O[C@H]2[C@H](OCc2ccc(OC)cc2)[C@@H]1O[C@@H]1O[C@@H]2COC(c3ccccc3)O[C@H]2[C@H](OCc2ccccc2)[C@@H]1OCc1ccccc1. The van der Waals surface area contributed by atoms with Gasteiger partial charge in [-0.05, 0) is 28.8 Å². The van der Waals surface area contributed by atoms with E-state index in [2.05, 4.69) is 6.58 Å². The average molecular weight is 859 g/mol. The highest BCUT2D eigenvalue weighted by Crippen LogP contribution is 2.41. The van der Waals surface area contributed by atoms with Gasteiger partial charge in [0.2, 0.25) is 0 Å². The molecule has 4 fully saturated rings. The lowest BCUT2D eigenvalue weighted by Gasteiger charge is -2.52. The molecule has 0 amide bonds. The highest BCUT2D eigenvalue weighted by Gasteiger charge is 2.57. The molecule has 0 bridgehead atoms. The average Bonchev–Trinajstić information content (AvgIpc) is 3.35. The van der Waals surface area contributed by atoms with Gasteiger partial charge in [0.25, 0.3) is 0 Å². The molecule has 63 heavy (non-hydrogen) atoms. The molecule has 12 nitrogen and oxygen atoms in total. The molecule has 5 aromatic carbocycles. The second kappa shape index (κ2) is 21.3. The minimum absolute atomic E-state index is 0.178. The van der Waals surface area contributed by atoms with Crippen molar-refractivity contribution in [2.45, 2.75) is 93.8 Å². The van der Waals surface area contributed by atoms with E-state index in [1.54, 1.807) is 13.2 Å². The fraction of sp³-hybridized carbons (Fsp3) is 0.373. The Hall–Kier alpha value is -4.80. The lowest BCUT2D eigenvalue weighted by Crippen LogP contribution is -2.67. The van der Waals surface area contributed by atoms with Crippen molar-refractivity contribution in [1.82, 2.24) is 0 Å². The largest absolute Gasteiger partial charge is 0.497 e.